The Morgan fingerprint density at radius 1 is 1.38 bits per heavy atom. The first-order valence-electron chi connectivity index (χ1n) is 7.54. The minimum atomic E-state index is -0.455. The van der Waals surface area contributed by atoms with Crippen molar-refractivity contribution in [2.24, 2.45) is 0 Å². The van der Waals surface area contributed by atoms with Gasteiger partial charge >= 0.3 is 5.76 Å². The molecular formula is C15H22N4O2. The average molecular weight is 290 g/mol. The highest BCUT2D eigenvalue weighted by Gasteiger charge is 2.16. The van der Waals surface area contributed by atoms with Crippen molar-refractivity contribution in [3.8, 4) is 0 Å². The van der Waals surface area contributed by atoms with E-state index in [1.165, 1.54) is 32.4 Å². The first-order chi connectivity index (χ1) is 10.1. The molecule has 0 spiro atoms. The SMILES string of the molecule is CC(CNc1cc2[nH]c(=O)oc2cc1N)N1CCCCC1. The lowest BCUT2D eigenvalue weighted by Gasteiger charge is -2.32. The molecule has 114 valence electrons. The number of nitrogens with zero attached hydrogens (tertiary/aromatic N) is 1. The van der Waals surface area contributed by atoms with Crippen LogP contribution < -0.4 is 16.8 Å². The van der Waals surface area contributed by atoms with Crippen LogP contribution in [0.5, 0.6) is 0 Å². The molecule has 1 aromatic heterocycles. The average Bonchev–Trinajstić information content (AvgIpc) is 2.84. The van der Waals surface area contributed by atoms with Gasteiger partial charge in [-0.2, -0.15) is 0 Å². The molecule has 2 aromatic rings. The first-order valence-corrected chi connectivity index (χ1v) is 7.54. The van der Waals surface area contributed by atoms with E-state index in [2.05, 4.69) is 22.1 Å². The second-order valence-electron chi connectivity index (χ2n) is 5.78. The molecule has 4 N–H and O–H groups in total. The quantitative estimate of drug-likeness (QED) is 0.750. The van der Waals surface area contributed by atoms with Gasteiger partial charge in [-0.05, 0) is 38.9 Å². The smallest absolute Gasteiger partial charge is 0.408 e. The second kappa shape index (κ2) is 5.81. The van der Waals surface area contributed by atoms with Gasteiger partial charge in [-0.3, -0.25) is 9.88 Å². The zero-order chi connectivity index (χ0) is 14.8. The van der Waals surface area contributed by atoms with E-state index in [9.17, 15) is 4.79 Å². The molecule has 3 rings (SSSR count). The summed E-state index contributed by atoms with van der Waals surface area (Å²) in [6, 6.07) is 3.98. The summed E-state index contributed by atoms with van der Waals surface area (Å²) in [4.78, 5) is 16.3. The standard InChI is InChI=1S/C15H22N4O2/c1-10(19-5-3-2-4-6-19)9-17-12-8-13-14(7-11(12)16)21-15(20)18-13/h7-8,10,17H,2-6,9,16H2,1H3,(H,18,20). The number of anilines is 2. The number of rotatable bonds is 4. The van der Waals surface area contributed by atoms with Gasteiger partial charge in [0.25, 0.3) is 0 Å². The zero-order valence-electron chi connectivity index (χ0n) is 12.3. The third-order valence-corrected chi connectivity index (χ3v) is 4.19. The van der Waals surface area contributed by atoms with E-state index in [-0.39, 0.29) is 0 Å². The molecule has 0 bridgehead atoms. The molecule has 1 saturated heterocycles. The molecule has 1 unspecified atom stereocenters. The lowest BCUT2D eigenvalue weighted by atomic mass is 10.1. The van der Waals surface area contributed by atoms with Crippen LogP contribution in [0, 0.1) is 0 Å². The van der Waals surface area contributed by atoms with Crippen molar-refractivity contribution in [3.63, 3.8) is 0 Å². The molecule has 1 fully saturated rings. The Balaban J connectivity index is 1.69. The molecule has 0 radical (unpaired) electrons. The van der Waals surface area contributed by atoms with Crippen LogP contribution in [0.1, 0.15) is 26.2 Å². The van der Waals surface area contributed by atoms with Gasteiger partial charge in [0.1, 0.15) is 0 Å². The maximum atomic E-state index is 11.2. The third-order valence-electron chi connectivity index (χ3n) is 4.19. The van der Waals surface area contributed by atoms with Crippen molar-refractivity contribution >= 4 is 22.5 Å². The van der Waals surface area contributed by atoms with E-state index in [1.54, 1.807) is 6.07 Å². The lowest BCUT2D eigenvalue weighted by Crippen LogP contribution is -2.41. The van der Waals surface area contributed by atoms with Crippen molar-refractivity contribution in [1.82, 2.24) is 9.88 Å². The highest BCUT2D eigenvalue weighted by atomic mass is 16.4. The van der Waals surface area contributed by atoms with Crippen LogP contribution in [-0.4, -0.2) is 35.6 Å². The molecule has 0 amide bonds. The largest absolute Gasteiger partial charge is 0.417 e. The molecule has 1 aromatic carbocycles. The third kappa shape index (κ3) is 3.05. The lowest BCUT2D eigenvalue weighted by molar-refractivity contribution is 0.180. The maximum absolute atomic E-state index is 11.2. The van der Waals surface area contributed by atoms with E-state index in [1.807, 2.05) is 6.07 Å². The number of hydrogen-bond acceptors (Lipinski definition) is 5. The zero-order valence-corrected chi connectivity index (χ0v) is 12.3. The van der Waals surface area contributed by atoms with Crippen LogP contribution in [-0.2, 0) is 0 Å². The van der Waals surface area contributed by atoms with Crippen LogP contribution in [0.25, 0.3) is 11.1 Å². The number of H-pyrrole nitrogens is 1. The molecular weight excluding hydrogens is 268 g/mol. The van der Waals surface area contributed by atoms with E-state index in [0.29, 0.717) is 22.8 Å². The summed E-state index contributed by atoms with van der Waals surface area (Å²) in [6.07, 6.45) is 3.91. The number of nitrogens with two attached hydrogens (primary N) is 1. The van der Waals surface area contributed by atoms with E-state index < -0.39 is 5.76 Å². The van der Waals surface area contributed by atoms with Crippen LogP contribution in [0.4, 0.5) is 11.4 Å². The van der Waals surface area contributed by atoms with Gasteiger partial charge in [-0.15, -0.1) is 0 Å². The summed E-state index contributed by atoms with van der Waals surface area (Å²) >= 11 is 0. The summed E-state index contributed by atoms with van der Waals surface area (Å²) in [6.45, 7) is 5.41. The fourth-order valence-corrected chi connectivity index (χ4v) is 2.91. The Morgan fingerprint density at radius 2 is 2.14 bits per heavy atom. The molecule has 1 atom stereocenters. The number of fused-ring (bicyclic) bond motifs is 1. The minimum Gasteiger partial charge on any atom is -0.408 e. The highest BCUT2D eigenvalue weighted by Crippen LogP contribution is 2.24. The summed E-state index contributed by atoms with van der Waals surface area (Å²) in [5, 5.41) is 3.38. The molecule has 2 heterocycles. The second-order valence-corrected chi connectivity index (χ2v) is 5.78. The maximum Gasteiger partial charge on any atom is 0.417 e. The van der Waals surface area contributed by atoms with E-state index in [4.69, 9.17) is 10.2 Å². The van der Waals surface area contributed by atoms with Crippen LogP contribution in [0.2, 0.25) is 0 Å². The Bertz CT molecular complexity index is 670. The van der Waals surface area contributed by atoms with Crippen molar-refractivity contribution in [3.05, 3.63) is 22.7 Å². The Kier molecular flexibility index (Phi) is 3.88. The predicted molar refractivity (Wildman–Crippen MR) is 84.6 cm³/mol. The van der Waals surface area contributed by atoms with Gasteiger partial charge in [0.2, 0.25) is 0 Å². The first kappa shape index (κ1) is 14.0. The summed E-state index contributed by atoms with van der Waals surface area (Å²) in [5.74, 6) is -0.455. The van der Waals surface area contributed by atoms with E-state index in [0.717, 1.165) is 12.2 Å². The number of likely N-dealkylation sites (tertiary alicyclic amines) is 1. The number of nitrogen functional groups attached to an aromatic ring is 1. The predicted octanol–water partition coefficient (Wildman–Crippen LogP) is 1.99. The Labute approximate surface area is 123 Å². The molecule has 0 saturated carbocycles. The minimum absolute atomic E-state index is 0.455. The highest BCUT2D eigenvalue weighted by molar-refractivity contribution is 5.85. The molecule has 6 nitrogen and oxygen atoms in total. The fraction of sp³-hybridized carbons (Fsp3) is 0.533. The monoisotopic (exact) mass is 290 g/mol. The van der Waals surface area contributed by atoms with Crippen LogP contribution >= 0.6 is 0 Å². The van der Waals surface area contributed by atoms with Gasteiger partial charge < -0.3 is 15.5 Å². The van der Waals surface area contributed by atoms with Crippen molar-refractivity contribution in [1.29, 1.82) is 0 Å². The summed E-state index contributed by atoms with van der Waals surface area (Å²) < 4.78 is 5.00. The molecule has 1 aliphatic rings. The van der Waals surface area contributed by atoms with Crippen molar-refractivity contribution in [2.75, 3.05) is 30.7 Å². The van der Waals surface area contributed by atoms with Crippen molar-refractivity contribution < 1.29 is 4.42 Å². The number of nitrogens with one attached hydrogen (secondary N) is 2. The molecule has 6 heteroatoms. The van der Waals surface area contributed by atoms with Crippen LogP contribution in [0.3, 0.4) is 0 Å². The Morgan fingerprint density at radius 3 is 2.90 bits per heavy atom. The van der Waals surface area contributed by atoms with Gasteiger partial charge in [0.15, 0.2) is 5.58 Å². The van der Waals surface area contributed by atoms with Gasteiger partial charge in [0.05, 0.1) is 16.9 Å². The number of oxazole rings is 1. The number of hydrogen-bond donors (Lipinski definition) is 3. The number of benzene rings is 1. The Hall–Kier alpha value is -1.95. The van der Waals surface area contributed by atoms with E-state index >= 15 is 0 Å². The van der Waals surface area contributed by atoms with Gasteiger partial charge in [0, 0.05) is 18.7 Å². The molecule has 0 aliphatic carbocycles. The normalized spacial score (nSPS) is 18.0. The van der Waals surface area contributed by atoms with Gasteiger partial charge in [-0.25, -0.2) is 4.79 Å². The fourth-order valence-electron chi connectivity index (χ4n) is 2.91. The number of aromatic nitrogens is 1. The molecule has 21 heavy (non-hydrogen) atoms. The van der Waals surface area contributed by atoms with Gasteiger partial charge in [-0.1, -0.05) is 6.42 Å². The number of piperidine rings is 1. The topological polar surface area (TPSA) is 87.3 Å². The number of aromatic amines is 1. The summed E-state index contributed by atoms with van der Waals surface area (Å²) in [7, 11) is 0. The summed E-state index contributed by atoms with van der Waals surface area (Å²) in [5.41, 5.74) is 8.60. The molecule has 1 aliphatic heterocycles. The van der Waals surface area contributed by atoms with Crippen molar-refractivity contribution in [2.45, 2.75) is 32.2 Å². The van der Waals surface area contributed by atoms with Crippen LogP contribution in [0.15, 0.2) is 21.3 Å².